The predicted molar refractivity (Wildman–Crippen MR) is 81.5 cm³/mol. The molecular formula is C17H16FN3O2. The molecule has 1 aliphatic rings. The van der Waals surface area contributed by atoms with E-state index in [2.05, 4.69) is 15.8 Å². The summed E-state index contributed by atoms with van der Waals surface area (Å²) >= 11 is 0. The van der Waals surface area contributed by atoms with Crippen molar-refractivity contribution >= 4 is 11.8 Å². The van der Waals surface area contributed by atoms with Crippen molar-refractivity contribution < 1.29 is 14.0 Å². The van der Waals surface area contributed by atoms with E-state index in [-0.39, 0.29) is 35.9 Å². The first kappa shape index (κ1) is 15.1. The van der Waals surface area contributed by atoms with Gasteiger partial charge in [-0.15, -0.1) is 0 Å². The Morgan fingerprint density at radius 2 is 1.87 bits per heavy atom. The number of hydrogen-bond acceptors (Lipinski definition) is 3. The van der Waals surface area contributed by atoms with Gasteiger partial charge in [0.15, 0.2) is 0 Å². The molecule has 2 amide bonds. The van der Waals surface area contributed by atoms with Crippen LogP contribution in [0, 0.1) is 11.7 Å². The molecule has 5 nitrogen and oxygen atoms in total. The number of halogens is 1. The highest BCUT2D eigenvalue weighted by Crippen LogP contribution is 2.48. The van der Waals surface area contributed by atoms with Crippen molar-refractivity contribution in [2.75, 3.05) is 0 Å². The molecule has 1 aromatic carbocycles. The molecule has 6 heteroatoms. The Kier molecular flexibility index (Phi) is 4.32. The molecule has 3 rings (SSSR count). The van der Waals surface area contributed by atoms with E-state index in [4.69, 9.17) is 0 Å². The van der Waals surface area contributed by atoms with Gasteiger partial charge in [0.25, 0.3) is 0 Å². The maximum Gasteiger partial charge on any atom is 0.242 e. The van der Waals surface area contributed by atoms with Gasteiger partial charge in [0.05, 0.1) is 6.42 Å². The number of hydrogen-bond donors (Lipinski definition) is 2. The molecule has 1 fully saturated rings. The average Bonchev–Trinajstić information content (AvgIpc) is 3.34. The van der Waals surface area contributed by atoms with Crippen molar-refractivity contribution in [2.24, 2.45) is 5.92 Å². The monoisotopic (exact) mass is 313 g/mol. The lowest BCUT2D eigenvalue weighted by Crippen LogP contribution is -2.43. The van der Waals surface area contributed by atoms with E-state index >= 15 is 0 Å². The van der Waals surface area contributed by atoms with E-state index in [1.807, 2.05) is 0 Å². The standard InChI is InChI=1S/C17H16FN3O2/c18-15-4-2-1-3-12(15)13-10-14(13)17(23)21-20-16(22)9-11-5-7-19-8-6-11/h1-8,13-14H,9-10H2,(H,20,22)(H,21,23)/t13-,14-/m1/s1. The van der Waals surface area contributed by atoms with Crippen LogP contribution in [0.3, 0.4) is 0 Å². The number of amides is 2. The first-order valence-electron chi connectivity index (χ1n) is 7.37. The molecule has 1 aliphatic carbocycles. The van der Waals surface area contributed by atoms with Crippen LogP contribution >= 0.6 is 0 Å². The van der Waals surface area contributed by atoms with Crippen LogP contribution in [0.15, 0.2) is 48.8 Å². The Morgan fingerprint density at radius 1 is 1.13 bits per heavy atom. The molecule has 0 saturated heterocycles. The molecule has 0 radical (unpaired) electrons. The number of hydrazine groups is 1. The van der Waals surface area contributed by atoms with Crippen LogP contribution in [0.5, 0.6) is 0 Å². The molecular weight excluding hydrogens is 297 g/mol. The number of benzene rings is 1. The van der Waals surface area contributed by atoms with Crippen molar-refractivity contribution in [3.8, 4) is 0 Å². The fourth-order valence-electron chi connectivity index (χ4n) is 2.56. The summed E-state index contributed by atoms with van der Waals surface area (Å²) in [5.74, 6) is -1.31. The molecule has 118 valence electrons. The lowest BCUT2D eigenvalue weighted by molar-refractivity contribution is -0.129. The fourth-order valence-corrected chi connectivity index (χ4v) is 2.56. The van der Waals surface area contributed by atoms with Gasteiger partial charge in [0.2, 0.25) is 11.8 Å². The predicted octanol–water partition coefficient (Wildman–Crippen LogP) is 1.71. The minimum absolute atomic E-state index is 0.117. The van der Waals surface area contributed by atoms with Gasteiger partial charge in [-0.3, -0.25) is 25.4 Å². The molecule has 0 bridgehead atoms. The zero-order valence-corrected chi connectivity index (χ0v) is 12.3. The zero-order valence-electron chi connectivity index (χ0n) is 12.3. The second kappa shape index (κ2) is 6.56. The third kappa shape index (κ3) is 3.71. The normalized spacial score (nSPS) is 19.0. The summed E-state index contributed by atoms with van der Waals surface area (Å²) < 4.78 is 13.7. The van der Waals surface area contributed by atoms with Gasteiger partial charge in [0, 0.05) is 18.3 Å². The maximum atomic E-state index is 13.7. The van der Waals surface area contributed by atoms with E-state index in [9.17, 15) is 14.0 Å². The molecule has 0 spiro atoms. The molecule has 0 aliphatic heterocycles. The highest BCUT2D eigenvalue weighted by molar-refractivity contribution is 5.86. The lowest BCUT2D eigenvalue weighted by Gasteiger charge is -2.07. The second-order valence-corrected chi connectivity index (χ2v) is 5.54. The highest BCUT2D eigenvalue weighted by atomic mass is 19.1. The summed E-state index contributed by atoms with van der Waals surface area (Å²) in [7, 11) is 0. The average molecular weight is 313 g/mol. The van der Waals surface area contributed by atoms with Gasteiger partial charge in [-0.25, -0.2) is 4.39 Å². The number of aromatic nitrogens is 1. The summed E-state index contributed by atoms with van der Waals surface area (Å²) in [6.45, 7) is 0. The van der Waals surface area contributed by atoms with Crippen LogP contribution in [0.25, 0.3) is 0 Å². The highest BCUT2D eigenvalue weighted by Gasteiger charge is 2.45. The van der Waals surface area contributed by atoms with Crippen LogP contribution in [-0.4, -0.2) is 16.8 Å². The molecule has 2 N–H and O–H groups in total. The van der Waals surface area contributed by atoms with E-state index in [0.717, 1.165) is 5.56 Å². The van der Waals surface area contributed by atoms with Crippen LogP contribution in [-0.2, 0) is 16.0 Å². The quantitative estimate of drug-likeness (QED) is 0.844. The topological polar surface area (TPSA) is 71.1 Å². The summed E-state index contributed by atoms with van der Waals surface area (Å²) in [6, 6.07) is 9.92. The first-order valence-corrected chi connectivity index (χ1v) is 7.37. The number of carbonyl (C=O) groups is 2. The fraction of sp³-hybridized carbons (Fsp3) is 0.235. The van der Waals surface area contributed by atoms with Crippen LogP contribution in [0.4, 0.5) is 4.39 Å². The van der Waals surface area contributed by atoms with Gasteiger partial charge in [-0.1, -0.05) is 18.2 Å². The largest absolute Gasteiger partial charge is 0.273 e. The van der Waals surface area contributed by atoms with Gasteiger partial charge in [-0.05, 0) is 41.7 Å². The number of nitrogens with one attached hydrogen (secondary N) is 2. The minimum atomic E-state index is -0.312. The summed E-state index contributed by atoms with van der Waals surface area (Å²) in [5, 5.41) is 0. The SMILES string of the molecule is O=C(Cc1ccncc1)NNC(=O)[C@@H]1C[C@@H]1c1ccccc1F. The van der Waals surface area contributed by atoms with E-state index in [1.165, 1.54) is 6.07 Å². The first-order chi connectivity index (χ1) is 11.1. The van der Waals surface area contributed by atoms with Crippen molar-refractivity contribution in [1.82, 2.24) is 15.8 Å². The summed E-state index contributed by atoms with van der Waals surface area (Å²) in [6.07, 6.45) is 3.95. The Hall–Kier alpha value is -2.76. The van der Waals surface area contributed by atoms with Crippen LogP contribution < -0.4 is 10.9 Å². The number of rotatable bonds is 4. The van der Waals surface area contributed by atoms with Gasteiger partial charge in [0.1, 0.15) is 5.82 Å². The Bertz CT molecular complexity index is 721. The zero-order chi connectivity index (χ0) is 16.2. The Morgan fingerprint density at radius 3 is 2.61 bits per heavy atom. The second-order valence-electron chi connectivity index (χ2n) is 5.54. The van der Waals surface area contributed by atoms with Crippen LogP contribution in [0.1, 0.15) is 23.5 Å². The third-order valence-corrected chi connectivity index (χ3v) is 3.87. The number of nitrogens with zero attached hydrogens (tertiary/aromatic N) is 1. The molecule has 0 unspecified atom stereocenters. The smallest absolute Gasteiger partial charge is 0.242 e. The molecule has 2 aromatic rings. The molecule has 1 saturated carbocycles. The molecule has 2 atom stereocenters. The molecule has 23 heavy (non-hydrogen) atoms. The summed E-state index contributed by atoms with van der Waals surface area (Å²) in [5.41, 5.74) is 6.15. The lowest BCUT2D eigenvalue weighted by atomic mass is 10.1. The van der Waals surface area contributed by atoms with Gasteiger partial charge < -0.3 is 0 Å². The molecule has 1 aromatic heterocycles. The van der Waals surface area contributed by atoms with Crippen molar-refractivity contribution in [3.63, 3.8) is 0 Å². The Balaban J connectivity index is 1.48. The van der Waals surface area contributed by atoms with Crippen molar-refractivity contribution in [2.45, 2.75) is 18.8 Å². The van der Waals surface area contributed by atoms with Gasteiger partial charge in [-0.2, -0.15) is 0 Å². The van der Waals surface area contributed by atoms with E-state index in [0.29, 0.717) is 12.0 Å². The summed E-state index contributed by atoms with van der Waals surface area (Å²) in [4.78, 5) is 27.6. The van der Waals surface area contributed by atoms with Crippen molar-refractivity contribution in [3.05, 3.63) is 65.7 Å². The van der Waals surface area contributed by atoms with Gasteiger partial charge >= 0.3 is 0 Å². The van der Waals surface area contributed by atoms with E-state index in [1.54, 1.807) is 42.7 Å². The van der Waals surface area contributed by atoms with Crippen LogP contribution in [0.2, 0.25) is 0 Å². The van der Waals surface area contributed by atoms with E-state index < -0.39 is 0 Å². The minimum Gasteiger partial charge on any atom is -0.273 e. The Labute approximate surface area is 132 Å². The third-order valence-electron chi connectivity index (χ3n) is 3.87. The number of pyridine rings is 1. The molecule has 1 heterocycles. The maximum absolute atomic E-state index is 13.7. The van der Waals surface area contributed by atoms with Crippen molar-refractivity contribution in [1.29, 1.82) is 0 Å². The number of carbonyl (C=O) groups excluding carboxylic acids is 2.